The van der Waals surface area contributed by atoms with Gasteiger partial charge in [0.15, 0.2) is 9.84 Å². The van der Waals surface area contributed by atoms with Gasteiger partial charge in [0.25, 0.3) is 0 Å². The standard InChI is InChI=1S/C17H29N3O4S/c1-13(2)25(23,24)17-5-4-14(20-8-6-19(3)7-9-20)10-16(17)18-11-15(22)12-21/h4-5,10,13,15,18,21-22H,6-9,11-12H2,1-3H3. The summed E-state index contributed by atoms with van der Waals surface area (Å²) >= 11 is 0. The quantitative estimate of drug-likeness (QED) is 0.638. The summed E-state index contributed by atoms with van der Waals surface area (Å²) in [7, 11) is -1.37. The Morgan fingerprint density at radius 1 is 1.20 bits per heavy atom. The molecule has 0 radical (unpaired) electrons. The summed E-state index contributed by atoms with van der Waals surface area (Å²) in [5, 5.41) is 21.0. The Hall–Kier alpha value is -1.35. The van der Waals surface area contributed by atoms with E-state index >= 15 is 0 Å². The van der Waals surface area contributed by atoms with Crippen LogP contribution in [0.25, 0.3) is 0 Å². The van der Waals surface area contributed by atoms with Crippen molar-refractivity contribution in [1.29, 1.82) is 0 Å². The lowest BCUT2D eigenvalue weighted by molar-refractivity contribution is 0.105. The lowest BCUT2D eigenvalue weighted by atomic mass is 10.2. The van der Waals surface area contributed by atoms with Crippen LogP contribution in [0.1, 0.15) is 13.8 Å². The molecule has 0 spiro atoms. The zero-order valence-corrected chi connectivity index (χ0v) is 16.0. The van der Waals surface area contributed by atoms with Crippen LogP contribution >= 0.6 is 0 Å². The fourth-order valence-corrected chi connectivity index (χ4v) is 3.92. The van der Waals surface area contributed by atoms with Gasteiger partial charge in [0, 0.05) is 38.4 Å². The molecule has 1 aliphatic heterocycles. The van der Waals surface area contributed by atoms with E-state index in [9.17, 15) is 13.5 Å². The minimum Gasteiger partial charge on any atom is -0.394 e. The summed E-state index contributed by atoms with van der Waals surface area (Å²) in [5.41, 5.74) is 1.43. The van der Waals surface area contributed by atoms with Gasteiger partial charge in [-0.15, -0.1) is 0 Å². The number of nitrogens with zero attached hydrogens (tertiary/aromatic N) is 2. The van der Waals surface area contributed by atoms with E-state index in [1.807, 2.05) is 12.1 Å². The highest BCUT2D eigenvalue weighted by Crippen LogP contribution is 2.30. The molecule has 1 aromatic carbocycles. The van der Waals surface area contributed by atoms with Crippen molar-refractivity contribution in [2.75, 3.05) is 56.6 Å². The number of aliphatic hydroxyl groups is 2. The monoisotopic (exact) mass is 371 g/mol. The number of nitrogens with one attached hydrogen (secondary N) is 1. The van der Waals surface area contributed by atoms with E-state index < -0.39 is 21.2 Å². The van der Waals surface area contributed by atoms with Crippen molar-refractivity contribution < 1.29 is 18.6 Å². The SMILES string of the molecule is CC(C)S(=O)(=O)c1ccc(N2CCN(C)CC2)cc1NCC(O)CO. The van der Waals surface area contributed by atoms with Crippen molar-refractivity contribution in [2.45, 2.75) is 30.1 Å². The lowest BCUT2D eigenvalue weighted by Crippen LogP contribution is -2.44. The average molecular weight is 372 g/mol. The molecule has 1 atom stereocenters. The summed E-state index contributed by atoms with van der Waals surface area (Å²) in [4.78, 5) is 4.70. The molecule has 1 saturated heterocycles. The number of aliphatic hydroxyl groups excluding tert-OH is 2. The maximum absolute atomic E-state index is 12.6. The summed E-state index contributed by atoms with van der Waals surface area (Å²) in [6.45, 7) is 6.68. The average Bonchev–Trinajstić information content (AvgIpc) is 2.59. The number of hydrogen-bond donors (Lipinski definition) is 3. The van der Waals surface area contributed by atoms with Crippen LogP contribution in [0, 0.1) is 0 Å². The molecule has 25 heavy (non-hydrogen) atoms. The predicted octanol–water partition coefficient (Wildman–Crippen LogP) is 0.386. The van der Waals surface area contributed by atoms with Gasteiger partial charge in [-0.25, -0.2) is 8.42 Å². The molecule has 0 amide bonds. The van der Waals surface area contributed by atoms with Gasteiger partial charge in [0.2, 0.25) is 0 Å². The summed E-state index contributed by atoms with van der Waals surface area (Å²) in [5.74, 6) is 0. The van der Waals surface area contributed by atoms with Gasteiger partial charge < -0.3 is 25.3 Å². The Labute approximate surface area is 150 Å². The number of likely N-dealkylation sites (N-methyl/N-ethyl adjacent to an activating group) is 1. The molecule has 0 aromatic heterocycles. The maximum Gasteiger partial charge on any atom is 0.182 e. The highest BCUT2D eigenvalue weighted by molar-refractivity contribution is 7.92. The topological polar surface area (TPSA) is 93.1 Å². The number of piperazine rings is 1. The van der Waals surface area contributed by atoms with Crippen molar-refractivity contribution in [2.24, 2.45) is 0 Å². The van der Waals surface area contributed by atoms with E-state index in [4.69, 9.17) is 5.11 Å². The maximum atomic E-state index is 12.6. The summed E-state index contributed by atoms with van der Waals surface area (Å²) < 4.78 is 25.3. The first kappa shape index (κ1) is 20.0. The van der Waals surface area contributed by atoms with Crippen molar-refractivity contribution in [3.8, 4) is 0 Å². The zero-order valence-electron chi connectivity index (χ0n) is 15.1. The van der Waals surface area contributed by atoms with Crippen molar-refractivity contribution in [1.82, 2.24) is 4.90 Å². The molecule has 3 N–H and O–H groups in total. The molecule has 0 saturated carbocycles. The molecule has 142 valence electrons. The fourth-order valence-electron chi connectivity index (χ4n) is 2.71. The minimum atomic E-state index is -3.45. The van der Waals surface area contributed by atoms with Crippen molar-refractivity contribution in [3.05, 3.63) is 18.2 Å². The Bertz CT molecular complexity index is 670. The molecular weight excluding hydrogens is 342 g/mol. The van der Waals surface area contributed by atoms with Crippen LogP contribution < -0.4 is 10.2 Å². The third-order valence-electron chi connectivity index (χ3n) is 4.50. The van der Waals surface area contributed by atoms with E-state index in [0.29, 0.717) is 5.69 Å². The molecule has 1 aliphatic rings. The minimum absolute atomic E-state index is 0.0866. The Kier molecular flexibility index (Phi) is 6.67. The van der Waals surface area contributed by atoms with Gasteiger partial charge in [-0.1, -0.05) is 0 Å². The number of hydrogen-bond acceptors (Lipinski definition) is 7. The third-order valence-corrected chi connectivity index (χ3v) is 6.71. The van der Waals surface area contributed by atoms with E-state index in [2.05, 4.69) is 22.2 Å². The van der Waals surface area contributed by atoms with Crippen LogP contribution in [0.5, 0.6) is 0 Å². The molecular formula is C17H29N3O4S. The second-order valence-electron chi connectivity index (χ2n) is 6.78. The largest absolute Gasteiger partial charge is 0.394 e. The van der Waals surface area contributed by atoms with Gasteiger partial charge >= 0.3 is 0 Å². The van der Waals surface area contributed by atoms with E-state index in [1.54, 1.807) is 19.9 Å². The molecule has 1 aromatic rings. The molecule has 8 heteroatoms. The van der Waals surface area contributed by atoms with Gasteiger partial charge in [-0.3, -0.25) is 0 Å². The highest BCUT2D eigenvalue weighted by Gasteiger charge is 2.24. The van der Waals surface area contributed by atoms with Gasteiger partial charge in [0.05, 0.1) is 28.5 Å². The van der Waals surface area contributed by atoms with Gasteiger partial charge in [-0.2, -0.15) is 0 Å². The number of anilines is 2. The molecule has 0 aliphatic carbocycles. The van der Waals surface area contributed by atoms with E-state index in [1.165, 1.54) is 0 Å². The smallest absolute Gasteiger partial charge is 0.182 e. The molecule has 7 nitrogen and oxygen atoms in total. The van der Waals surface area contributed by atoms with E-state index in [-0.39, 0.29) is 18.0 Å². The predicted molar refractivity (Wildman–Crippen MR) is 100 cm³/mol. The molecule has 0 bridgehead atoms. The first-order valence-corrected chi connectivity index (χ1v) is 10.1. The molecule has 2 rings (SSSR count). The second kappa shape index (κ2) is 8.35. The number of rotatable bonds is 7. The lowest BCUT2D eigenvalue weighted by Gasteiger charge is -2.34. The normalized spacial score (nSPS) is 17.8. The number of sulfone groups is 1. The first-order chi connectivity index (χ1) is 11.8. The van der Waals surface area contributed by atoms with Crippen LogP contribution in [0.15, 0.2) is 23.1 Å². The summed E-state index contributed by atoms with van der Waals surface area (Å²) in [6, 6.07) is 5.30. The third kappa shape index (κ3) is 4.84. The van der Waals surface area contributed by atoms with Gasteiger partial charge in [-0.05, 0) is 39.1 Å². The van der Waals surface area contributed by atoms with Crippen molar-refractivity contribution in [3.63, 3.8) is 0 Å². The fraction of sp³-hybridized carbons (Fsp3) is 0.647. The zero-order chi connectivity index (χ0) is 18.6. The second-order valence-corrected chi connectivity index (χ2v) is 9.25. The van der Waals surface area contributed by atoms with Crippen molar-refractivity contribution >= 4 is 21.2 Å². The Balaban J connectivity index is 2.33. The highest BCUT2D eigenvalue weighted by atomic mass is 32.2. The van der Waals surface area contributed by atoms with Gasteiger partial charge in [0.1, 0.15) is 0 Å². The number of benzene rings is 1. The van der Waals surface area contributed by atoms with Crippen LogP contribution in [0.2, 0.25) is 0 Å². The van der Waals surface area contributed by atoms with E-state index in [0.717, 1.165) is 31.9 Å². The molecule has 1 heterocycles. The summed E-state index contributed by atoms with van der Waals surface area (Å²) in [6.07, 6.45) is -0.943. The first-order valence-electron chi connectivity index (χ1n) is 8.60. The molecule has 1 fully saturated rings. The Morgan fingerprint density at radius 2 is 1.84 bits per heavy atom. The molecule has 1 unspecified atom stereocenters. The van der Waals surface area contributed by atoms with Crippen LogP contribution in [-0.4, -0.2) is 81.3 Å². The van der Waals surface area contributed by atoms with Crippen LogP contribution in [-0.2, 0) is 9.84 Å². The van der Waals surface area contributed by atoms with Crippen LogP contribution in [0.4, 0.5) is 11.4 Å². The Morgan fingerprint density at radius 3 is 2.40 bits per heavy atom. The van der Waals surface area contributed by atoms with Crippen LogP contribution in [0.3, 0.4) is 0 Å².